The Hall–Kier alpha value is -1.86. The van der Waals surface area contributed by atoms with Crippen LogP contribution in [0.1, 0.15) is 12.6 Å². The molecule has 0 radical (unpaired) electrons. The topological polar surface area (TPSA) is 213 Å². The maximum atomic E-state index is 12.1. The molecule has 1 unspecified atom stereocenters. The average molecular weight is 406 g/mol. The van der Waals surface area contributed by atoms with Crippen molar-refractivity contribution in [2.45, 2.75) is 31.0 Å². The highest BCUT2D eigenvalue weighted by molar-refractivity contribution is 7.43. The fraction of sp³-hybridized carbons (Fsp3) is 0.615. The summed E-state index contributed by atoms with van der Waals surface area (Å²) in [7, 11) is -2.14. The van der Waals surface area contributed by atoms with Crippen molar-refractivity contribution in [1.82, 2.24) is 9.55 Å². The molecule has 13 nitrogen and oxygen atoms in total. The normalized spacial score (nSPS) is 26.0. The molecule has 1 fully saturated rings. The van der Waals surface area contributed by atoms with Gasteiger partial charge in [0, 0.05) is 25.4 Å². The van der Waals surface area contributed by atoms with Crippen LogP contribution in [-0.2, 0) is 14.0 Å². The molecule has 1 saturated heterocycles. The van der Waals surface area contributed by atoms with E-state index in [1.54, 1.807) is 0 Å². The Morgan fingerprint density at radius 3 is 2.81 bits per heavy atom. The molecule has 0 amide bonds. The van der Waals surface area contributed by atoms with Crippen LogP contribution in [0.3, 0.4) is 0 Å². The molecule has 9 N–H and O–H groups in total. The summed E-state index contributed by atoms with van der Waals surface area (Å²) in [5, 5.41) is 10.5. The summed E-state index contributed by atoms with van der Waals surface area (Å²) >= 11 is 0. The highest BCUT2D eigenvalue weighted by atomic mass is 31.2. The summed E-state index contributed by atoms with van der Waals surface area (Å²) in [4.78, 5) is 38.3. The van der Waals surface area contributed by atoms with Crippen LogP contribution in [0.4, 0.5) is 0 Å². The number of rotatable bonds is 9. The van der Waals surface area contributed by atoms with Crippen LogP contribution >= 0.6 is 8.53 Å². The first-order valence-corrected chi connectivity index (χ1v) is 9.26. The van der Waals surface area contributed by atoms with Gasteiger partial charge in [-0.3, -0.25) is 24.8 Å². The number of nitrogens with two attached hydrogens (primary N) is 3. The first kappa shape index (κ1) is 21.4. The van der Waals surface area contributed by atoms with E-state index < -0.39 is 44.3 Å². The van der Waals surface area contributed by atoms with E-state index in [4.69, 9.17) is 35.9 Å². The summed E-state index contributed by atoms with van der Waals surface area (Å²) in [6, 6.07) is 1.14. The van der Waals surface area contributed by atoms with Crippen molar-refractivity contribution in [2.24, 2.45) is 22.0 Å². The molecule has 0 aliphatic carbocycles. The van der Waals surface area contributed by atoms with Crippen molar-refractivity contribution in [1.29, 1.82) is 0 Å². The minimum Gasteiger partial charge on any atom is -0.387 e. The fourth-order valence-corrected chi connectivity index (χ4v) is 2.83. The van der Waals surface area contributed by atoms with Crippen molar-refractivity contribution in [3.63, 3.8) is 0 Å². The van der Waals surface area contributed by atoms with Gasteiger partial charge in [-0.1, -0.05) is 0 Å². The predicted octanol–water partition coefficient (Wildman–Crippen LogP) is -2.96. The van der Waals surface area contributed by atoms with Crippen molar-refractivity contribution < 1.29 is 24.0 Å². The van der Waals surface area contributed by atoms with Crippen LogP contribution in [-0.4, -0.2) is 63.6 Å². The lowest BCUT2D eigenvalue weighted by atomic mass is 10.1. The summed E-state index contributed by atoms with van der Waals surface area (Å²) < 4.78 is 17.3. The van der Waals surface area contributed by atoms with Gasteiger partial charge in [0.2, 0.25) is 8.53 Å². The molecule has 152 valence electrons. The summed E-state index contributed by atoms with van der Waals surface area (Å²) in [6.45, 7) is 0.291. The number of nitrogens with one attached hydrogen (secondary N) is 1. The van der Waals surface area contributed by atoms with Gasteiger partial charge in [-0.05, 0) is 6.42 Å². The first-order chi connectivity index (χ1) is 12.8. The molecule has 1 aliphatic rings. The number of aromatic amines is 1. The maximum absolute atomic E-state index is 12.1. The van der Waals surface area contributed by atoms with Crippen molar-refractivity contribution in [3.8, 4) is 0 Å². The largest absolute Gasteiger partial charge is 0.387 e. The standard InChI is InChI=1S/C13H23N6O7P/c14-12(15)17-3-1-5-24-10-9(21)7(6-25-27(16)23)26-11(10)19-4-2-8(20)18-13(19)22/h2,4,7,9-11,21,23H,1,3,5-6,16H2,(H4,14,15,17)(H,18,20,22)/t7-,9-,10-,11+,27?/m1/s1. The molecule has 2 rings (SSSR count). The van der Waals surface area contributed by atoms with Crippen LogP contribution in [0.25, 0.3) is 0 Å². The number of aromatic nitrogens is 2. The lowest BCUT2D eigenvalue weighted by molar-refractivity contribution is -0.0733. The van der Waals surface area contributed by atoms with E-state index in [0.29, 0.717) is 13.0 Å². The molecular formula is C13H23N6O7P. The van der Waals surface area contributed by atoms with Crippen LogP contribution < -0.4 is 28.2 Å². The smallest absolute Gasteiger partial charge is 0.330 e. The first-order valence-electron chi connectivity index (χ1n) is 7.98. The number of aliphatic hydroxyl groups is 1. The summed E-state index contributed by atoms with van der Waals surface area (Å²) in [5.74, 6) is -0.0450. The van der Waals surface area contributed by atoms with Gasteiger partial charge in [0.05, 0.1) is 6.61 Å². The van der Waals surface area contributed by atoms with Crippen LogP contribution in [0.2, 0.25) is 0 Å². The monoisotopic (exact) mass is 406 g/mol. The number of H-pyrrole nitrogens is 1. The van der Waals surface area contributed by atoms with E-state index in [0.717, 1.165) is 10.6 Å². The molecule has 14 heteroatoms. The third kappa shape index (κ3) is 6.07. The Kier molecular flexibility index (Phi) is 7.86. The second-order valence-electron chi connectivity index (χ2n) is 5.67. The molecule has 1 aliphatic heterocycles. The molecule has 0 aromatic carbocycles. The fourth-order valence-electron chi connectivity index (χ4n) is 2.53. The van der Waals surface area contributed by atoms with Crippen molar-refractivity contribution in [2.75, 3.05) is 19.8 Å². The van der Waals surface area contributed by atoms with Gasteiger partial charge in [-0.2, -0.15) is 0 Å². The minimum atomic E-state index is -2.14. The molecule has 1 aromatic rings. The Morgan fingerprint density at radius 2 is 2.19 bits per heavy atom. The van der Waals surface area contributed by atoms with Crippen molar-refractivity contribution >= 4 is 14.5 Å². The van der Waals surface area contributed by atoms with Gasteiger partial charge in [0.15, 0.2) is 12.2 Å². The number of nitrogens with zero attached hydrogens (tertiary/aromatic N) is 2. The van der Waals surface area contributed by atoms with Gasteiger partial charge in [0.25, 0.3) is 5.56 Å². The number of guanidine groups is 1. The van der Waals surface area contributed by atoms with Gasteiger partial charge in [0.1, 0.15) is 18.3 Å². The van der Waals surface area contributed by atoms with E-state index >= 15 is 0 Å². The molecule has 1 aromatic heterocycles. The third-order valence-electron chi connectivity index (χ3n) is 3.72. The van der Waals surface area contributed by atoms with E-state index in [2.05, 4.69) is 9.98 Å². The summed E-state index contributed by atoms with van der Waals surface area (Å²) in [6.07, 6.45) is -2.35. The molecule has 27 heavy (non-hydrogen) atoms. The van der Waals surface area contributed by atoms with Gasteiger partial charge < -0.3 is 35.5 Å². The lowest BCUT2D eigenvalue weighted by Crippen LogP contribution is -2.39. The number of hydrogen-bond donors (Lipinski definition) is 6. The van der Waals surface area contributed by atoms with Gasteiger partial charge >= 0.3 is 5.69 Å². The average Bonchev–Trinajstić information content (AvgIpc) is 2.88. The van der Waals surface area contributed by atoms with E-state index in [9.17, 15) is 14.7 Å². The third-order valence-corrected chi connectivity index (χ3v) is 4.13. The highest BCUT2D eigenvalue weighted by Crippen LogP contribution is 2.33. The second kappa shape index (κ2) is 9.90. The van der Waals surface area contributed by atoms with Crippen LogP contribution in [0.15, 0.2) is 26.8 Å². The van der Waals surface area contributed by atoms with Gasteiger partial charge in [-0.15, -0.1) is 0 Å². The Bertz CT molecular complexity index is 749. The minimum absolute atomic E-state index is 0.0450. The zero-order valence-electron chi connectivity index (χ0n) is 14.3. The zero-order chi connectivity index (χ0) is 20.0. The van der Waals surface area contributed by atoms with Crippen LogP contribution in [0, 0.1) is 0 Å². The zero-order valence-corrected chi connectivity index (χ0v) is 15.2. The van der Waals surface area contributed by atoms with E-state index in [1.165, 1.54) is 6.20 Å². The number of hydrogen-bond acceptors (Lipinski definition) is 9. The Balaban J connectivity index is 2.12. The second-order valence-corrected chi connectivity index (χ2v) is 6.53. The van der Waals surface area contributed by atoms with E-state index in [1.807, 2.05) is 0 Å². The molecule has 0 bridgehead atoms. The molecular weight excluding hydrogens is 383 g/mol. The SMILES string of the molecule is NC(N)=NCCCO[C@@H]1[C@H](O)[C@@H](COP(N)O)O[C@@H]1n1ccc(=O)[nH]c1=O. The quantitative estimate of drug-likeness (QED) is 0.106. The lowest BCUT2D eigenvalue weighted by Gasteiger charge is -2.22. The van der Waals surface area contributed by atoms with Crippen molar-refractivity contribution in [3.05, 3.63) is 33.1 Å². The molecule has 0 saturated carbocycles. The Labute approximate surface area is 154 Å². The number of aliphatic imine (C=N–C) groups is 1. The maximum Gasteiger partial charge on any atom is 0.330 e. The predicted molar refractivity (Wildman–Crippen MR) is 95.6 cm³/mol. The van der Waals surface area contributed by atoms with Gasteiger partial charge in [-0.25, -0.2) is 4.79 Å². The highest BCUT2D eigenvalue weighted by Gasteiger charge is 2.46. The molecule has 2 heterocycles. The molecule has 0 spiro atoms. The van der Waals surface area contributed by atoms with Crippen LogP contribution in [0.5, 0.6) is 0 Å². The number of ether oxygens (including phenoxy) is 2. The molecule has 5 atom stereocenters. The van der Waals surface area contributed by atoms with E-state index in [-0.39, 0.29) is 19.2 Å². The summed E-state index contributed by atoms with van der Waals surface area (Å²) in [5.41, 5.74) is 14.4. The number of aliphatic hydroxyl groups excluding tert-OH is 1. The Morgan fingerprint density at radius 1 is 1.44 bits per heavy atom.